The number of piperidine rings is 1. The van der Waals surface area contributed by atoms with Gasteiger partial charge in [0.05, 0.1) is 17.7 Å². The lowest BCUT2D eigenvalue weighted by Gasteiger charge is -2.48. The normalized spacial score (nSPS) is 24.1. The summed E-state index contributed by atoms with van der Waals surface area (Å²) in [6, 6.07) is 16.3. The predicted molar refractivity (Wildman–Crippen MR) is 122 cm³/mol. The van der Waals surface area contributed by atoms with Gasteiger partial charge in [-0.1, -0.05) is 35.9 Å². The van der Waals surface area contributed by atoms with Gasteiger partial charge in [-0.3, -0.25) is 9.69 Å². The smallest absolute Gasteiger partial charge is 0.251 e. The first-order valence-electron chi connectivity index (χ1n) is 10.1. The van der Waals surface area contributed by atoms with E-state index in [4.69, 9.17) is 11.6 Å². The van der Waals surface area contributed by atoms with Gasteiger partial charge in [-0.05, 0) is 60.7 Å². The van der Waals surface area contributed by atoms with Crippen LogP contribution >= 0.6 is 22.9 Å². The average molecular weight is 459 g/mol. The molecule has 31 heavy (non-hydrogen) atoms. The van der Waals surface area contributed by atoms with Crippen molar-refractivity contribution in [1.82, 2.24) is 10.2 Å². The summed E-state index contributed by atoms with van der Waals surface area (Å²) in [6.07, 6.45) is 0.494. The first-order chi connectivity index (χ1) is 14.8. The summed E-state index contributed by atoms with van der Waals surface area (Å²) < 4.78 is 13.3. The number of aliphatic hydroxyl groups is 1. The quantitative estimate of drug-likeness (QED) is 0.563. The zero-order valence-corrected chi connectivity index (χ0v) is 18.7. The largest absolute Gasteiger partial charge is 0.388 e. The second-order valence-electron chi connectivity index (χ2n) is 8.09. The van der Waals surface area contributed by atoms with Crippen molar-refractivity contribution in [2.24, 2.45) is 0 Å². The highest BCUT2D eigenvalue weighted by molar-refractivity contribution is 7.10. The van der Waals surface area contributed by atoms with Gasteiger partial charge in [0.2, 0.25) is 0 Å². The Morgan fingerprint density at radius 1 is 1.23 bits per heavy atom. The Hall–Kier alpha value is -2.25. The summed E-state index contributed by atoms with van der Waals surface area (Å²) in [5, 5.41) is 17.0. The molecule has 1 aliphatic heterocycles. The van der Waals surface area contributed by atoms with Crippen molar-refractivity contribution in [2.45, 2.75) is 37.6 Å². The number of thiophene rings is 1. The second-order valence-corrected chi connectivity index (χ2v) is 9.47. The van der Waals surface area contributed by atoms with Crippen LogP contribution in [-0.2, 0) is 6.54 Å². The molecule has 0 spiro atoms. The number of carbonyl (C=O) groups excluding carboxylic acids is 1. The lowest BCUT2D eigenvalue weighted by atomic mass is 9.81. The highest BCUT2D eigenvalue weighted by Crippen LogP contribution is 2.40. The van der Waals surface area contributed by atoms with E-state index in [2.05, 4.69) is 10.2 Å². The Bertz CT molecular complexity index is 1040. The maximum Gasteiger partial charge on any atom is 0.251 e. The molecule has 162 valence electrons. The topological polar surface area (TPSA) is 52.6 Å². The molecule has 0 aliphatic carbocycles. The molecule has 2 aromatic carbocycles. The molecular formula is C24H24ClFN2O2S. The van der Waals surface area contributed by atoms with Gasteiger partial charge in [0.1, 0.15) is 5.82 Å². The molecule has 3 aromatic rings. The zero-order valence-electron chi connectivity index (χ0n) is 17.1. The number of nitrogens with zero attached hydrogens (tertiary/aromatic N) is 1. The number of amides is 1. The third-order valence-electron chi connectivity index (χ3n) is 5.84. The molecule has 1 aromatic heterocycles. The van der Waals surface area contributed by atoms with Gasteiger partial charge in [0.15, 0.2) is 0 Å². The number of hydrogen-bond donors (Lipinski definition) is 2. The number of hydrogen-bond acceptors (Lipinski definition) is 4. The Morgan fingerprint density at radius 2 is 1.97 bits per heavy atom. The van der Waals surface area contributed by atoms with Gasteiger partial charge in [0.25, 0.3) is 5.91 Å². The van der Waals surface area contributed by atoms with Gasteiger partial charge in [-0.15, -0.1) is 11.3 Å². The molecule has 1 saturated heterocycles. The Morgan fingerprint density at radius 3 is 2.65 bits per heavy atom. The molecule has 1 fully saturated rings. The Kier molecular flexibility index (Phi) is 6.44. The second kappa shape index (κ2) is 9.09. The van der Waals surface area contributed by atoms with Gasteiger partial charge in [-0.25, -0.2) is 4.39 Å². The third-order valence-corrected chi connectivity index (χ3v) is 7.15. The lowest BCUT2D eigenvalue weighted by molar-refractivity contribution is -0.0656. The van der Waals surface area contributed by atoms with Crippen LogP contribution < -0.4 is 5.32 Å². The van der Waals surface area contributed by atoms with Crippen molar-refractivity contribution in [2.75, 3.05) is 6.54 Å². The van der Waals surface area contributed by atoms with E-state index in [0.717, 1.165) is 10.4 Å². The lowest BCUT2D eigenvalue weighted by Crippen LogP contribution is -2.62. The fourth-order valence-corrected chi connectivity index (χ4v) is 5.19. The minimum atomic E-state index is -1.11. The van der Waals surface area contributed by atoms with Crippen molar-refractivity contribution < 1.29 is 14.3 Å². The van der Waals surface area contributed by atoms with Gasteiger partial charge in [0, 0.05) is 28.6 Å². The standard InChI is InChI=1S/C24H24ClFN2O2S/c1-24(30)12-13-28(15-17-5-2-3-6-19(17)25)21(20-7-4-14-31-20)22(24)27-23(29)16-8-10-18(26)11-9-16/h2-11,14,21-22,30H,12-13,15H2,1H3,(H,27,29). The fraction of sp³-hybridized carbons (Fsp3) is 0.292. The van der Waals surface area contributed by atoms with E-state index in [0.29, 0.717) is 30.1 Å². The molecular weight excluding hydrogens is 435 g/mol. The first-order valence-corrected chi connectivity index (χ1v) is 11.4. The van der Waals surface area contributed by atoms with Crippen LogP contribution in [0.2, 0.25) is 5.02 Å². The fourth-order valence-electron chi connectivity index (χ4n) is 4.10. The van der Waals surface area contributed by atoms with E-state index >= 15 is 0 Å². The third kappa shape index (κ3) is 4.83. The zero-order chi connectivity index (χ0) is 22.0. The molecule has 7 heteroatoms. The van der Waals surface area contributed by atoms with E-state index < -0.39 is 17.5 Å². The van der Waals surface area contributed by atoms with E-state index in [1.54, 1.807) is 18.3 Å². The monoisotopic (exact) mass is 458 g/mol. The number of nitrogens with one attached hydrogen (secondary N) is 1. The van der Waals surface area contributed by atoms with Crippen LogP contribution in [0.25, 0.3) is 0 Å². The van der Waals surface area contributed by atoms with Crippen molar-refractivity contribution in [3.05, 3.63) is 92.9 Å². The summed E-state index contributed by atoms with van der Waals surface area (Å²) in [4.78, 5) is 16.3. The Labute approximate surface area is 190 Å². The van der Waals surface area contributed by atoms with E-state index in [1.165, 1.54) is 24.3 Å². The summed E-state index contributed by atoms with van der Waals surface area (Å²) in [6.45, 7) is 3.01. The van der Waals surface area contributed by atoms with Crippen molar-refractivity contribution in [3.8, 4) is 0 Å². The van der Waals surface area contributed by atoms with Crippen LogP contribution in [0.1, 0.15) is 40.2 Å². The number of carbonyl (C=O) groups is 1. The molecule has 4 rings (SSSR count). The van der Waals surface area contributed by atoms with Crippen LogP contribution in [0.15, 0.2) is 66.0 Å². The molecule has 3 atom stereocenters. The van der Waals surface area contributed by atoms with E-state index in [1.807, 2.05) is 41.8 Å². The average Bonchev–Trinajstić information content (AvgIpc) is 3.27. The van der Waals surface area contributed by atoms with Crippen molar-refractivity contribution >= 4 is 28.8 Å². The molecule has 1 aliphatic rings. The molecule has 0 radical (unpaired) electrons. The summed E-state index contributed by atoms with van der Waals surface area (Å²) in [5.74, 6) is -0.741. The molecule has 2 N–H and O–H groups in total. The van der Waals surface area contributed by atoms with E-state index in [-0.39, 0.29) is 11.9 Å². The Balaban J connectivity index is 1.66. The molecule has 2 heterocycles. The minimum absolute atomic E-state index is 0.232. The van der Waals surface area contributed by atoms with E-state index in [9.17, 15) is 14.3 Å². The summed E-state index contributed by atoms with van der Waals surface area (Å²) in [7, 11) is 0. The van der Waals surface area contributed by atoms with Crippen molar-refractivity contribution in [1.29, 1.82) is 0 Å². The SMILES string of the molecule is CC1(O)CCN(Cc2ccccc2Cl)C(c2cccs2)C1NC(=O)c1ccc(F)cc1. The maximum atomic E-state index is 13.3. The first kappa shape index (κ1) is 22.0. The maximum absolute atomic E-state index is 13.3. The van der Waals surface area contributed by atoms with Gasteiger partial charge in [-0.2, -0.15) is 0 Å². The predicted octanol–water partition coefficient (Wildman–Crippen LogP) is 5.04. The van der Waals surface area contributed by atoms with Crippen LogP contribution in [0.3, 0.4) is 0 Å². The molecule has 1 amide bonds. The number of halogens is 2. The highest BCUT2D eigenvalue weighted by Gasteiger charge is 2.46. The number of benzene rings is 2. The van der Waals surface area contributed by atoms with Crippen LogP contribution in [0, 0.1) is 5.82 Å². The van der Waals surface area contributed by atoms with Gasteiger partial charge < -0.3 is 10.4 Å². The molecule has 0 bridgehead atoms. The molecule has 4 nitrogen and oxygen atoms in total. The summed E-state index contributed by atoms with van der Waals surface area (Å²) >= 11 is 8.00. The van der Waals surface area contributed by atoms with Crippen LogP contribution in [0.5, 0.6) is 0 Å². The van der Waals surface area contributed by atoms with Crippen LogP contribution in [-0.4, -0.2) is 34.1 Å². The molecule has 3 unspecified atom stereocenters. The number of rotatable bonds is 5. The minimum Gasteiger partial charge on any atom is -0.388 e. The summed E-state index contributed by atoms with van der Waals surface area (Å²) in [5.41, 5.74) is 0.239. The molecule has 0 saturated carbocycles. The van der Waals surface area contributed by atoms with Crippen molar-refractivity contribution in [3.63, 3.8) is 0 Å². The van der Waals surface area contributed by atoms with Crippen LogP contribution in [0.4, 0.5) is 4.39 Å². The highest BCUT2D eigenvalue weighted by atomic mass is 35.5. The number of likely N-dealkylation sites (tertiary alicyclic amines) is 1. The van der Waals surface area contributed by atoms with Gasteiger partial charge >= 0.3 is 0 Å².